The number of nitrogens with zero attached hydrogens (tertiary/aromatic N) is 2. The van der Waals surface area contributed by atoms with E-state index in [-0.39, 0.29) is 0 Å². The first-order chi connectivity index (χ1) is 13.1. The fourth-order valence-corrected chi connectivity index (χ4v) is 3.15. The third-order valence-electron chi connectivity index (χ3n) is 4.37. The van der Waals surface area contributed by atoms with Crippen LogP contribution < -0.4 is 10.2 Å². The maximum absolute atomic E-state index is 5.90. The van der Waals surface area contributed by atoms with Crippen LogP contribution in [0, 0.1) is 13.8 Å². The molecule has 140 valence electrons. The molecule has 3 rings (SSSR count). The molecule has 0 radical (unpaired) electrons. The number of aryl methyl sites for hydroxylation is 1. The molecule has 0 aliphatic carbocycles. The molecule has 0 bridgehead atoms. The predicted molar refractivity (Wildman–Crippen MR) is 112 cm³/mol. The molecular formula is C22H24ClN3O. The van der Waals surface area contributed by atoms with Crippen molar-refractivity contribution in [1.82, 2.24) is 9.99 Å². The molecule has 2 aromatic carbocycles. The van der Waals surface area contributed by atoms with Crippen molar-refractivity contribution in [1.29, 1.82) is 0 Å². The number of aromatic nitrogens is 1. The summed E-state index contributed by atoms with van der Waals surface area (Å²) in [7, 11) is 0. The Morgan fingerprint density at radius 3 is 2.44 bits per heavy atom. The summed E-state index contributed by atoms with van der Waals surface area (Å²) >= 11 is 5.90. The van der Waals surface area contributed by atoms with E-state index in [1.54, 1.807) is 0 Å². The maximum atomic E-state index is 5.90. The summed E-state index contributed by atoms with van der Waals surface area (Å²) < 4.78 is 7.74. The minimum absolute atomic E-state index is 0.658. The van der Waals surface area contributed by atoms with E-state index in [2.05, 4.69) is 47.1 Å². The average molecular weight is 382 g/mol. The minimum Gasteiger partial charge on any atom is -0.494 e. The van der Waals surface area contributed by atoms with Gasteiger partial charge in [-0.3, -0.25) is 0 Å². The van der Waals surface area contributed by atoms with Crippen molar-refractivity contribution in [2.75, 3.05) is 6.61 Å². The first-order valence-corrected chi connectivity index (χ1v) is 9.39. The van der Waals surface area contributed by atoms with E-state index in [0.29, 0.717) is 13.2 Å². The molecular weight excluding hydrogens is 358 g/mol. The molecule has 4 nitrogen and oxygen atoms in total. The average Bonchev–Trinajstić information content (AvgIpc) is 2.95. The normalized spacial score (nSPS) is 11.1. The Bertz CT molecular complexity index is 912. The topological polar surface area (TPSA) is 38.5 Å². The van der Waals surface area contributed by atoms with Gasteiger partial charge in [0, 0.05) is 27.7 Å². The van der Waals surface area contributed by atoms with E-state index in [0.717, 1.165) is 39.0 Å². The third-order valence-corrected chi connectivity index (χ3v) is 4.62. The van der Waals surface area contributed by atoms with Gasteiger partial charge in [0.25, 0.3) is 0 Å². The molecule has 0 aliphatic heterocycles. The molecule has 3 aromatic rings. The minimum atomic E-state index is 0.658. The van der Waals surface area contributed by atoms with Gasteiger partial charge in [0.15, 0.2) is 0 Å². The lowest BCUT2D eigenvalue weighted by atomic mass is 10.2. The van der Waals surface area contributed by atoms with E-state index in [4.69, 9.17) is 16.3 Å². The van der Waals surface area contributed by atoms with Gasteiger partial charge in [0.05, 0.1) is 19.4 Å². The van der Waals surface area contributed by atoms with Gasteiger partial charge in [-0.05, 0) is 68.8 Å². The lowest BCUT2D eigenvalue weighted by Crippen LogP contribution is -2.05. The molecule has 0 unspecified atom stereocenters. The molecule has 0 saturated carbocycles. The fraction of sp³-hybridized carbons (Fsp3) is 0.227. The van der Waals surface area contributed by atoms with Crippen molar-refractivity contribution in [3.8, 4) is 11.4 Å². The van der Waals surface area contributed by atoms with Gasteiger partial charge in [0.2, 0.25) is 0 Å². The van der Waals surface area contributed by atoms with Crippen LogP contribution in [-0.4, -0.2) is 17.4 Å². The van der Waals surface area contributed by atoms with Crippen LogP contribution in [0.4, 0.5) is 0 Å². The van der Waals surface area contributed by atoms with Crippen molar-refractivity contribution < 1.29 is 4.74 Å². The molecule has 5 heteroatoms. The van der Waals surface area contributed by atoms with Gasteiger partial charge in [-0.25, -0.2) is 0 Å². The van der Waals surface area contributed by atoms with Gasteiger partial charge >= 0.3 is 0 Å². The summed E-state index contributed by atoms with van der Waals surface area (Å²) in [5, 5.41) is 5.11. The quantitative estimate of drug-likeness (QED) is 0.447. The number of rotatable bonds is 7. The van der Waals surface area contributed by atoms with Crippen LogP contribution in [0.1, 0.15) is 29.4 Å². The maximum Gasteiger partial charge on any atom is 0.119 e. The monoisotopic (exact) mass is 381 g/mol. The molecule has 0 fully saturated rings. The Hall–Kier alpha value is -2.72. The number of hydrogen-bond donors (Lipinski definition) is 1. The second-order valence-electron chi connectivity index (χ2n) is 6.31. The van der Waals surface area contributed by atoms with Crippen LogP contribution in [0.2, 0.25) is 5.02 Å². The van der Waals surface area contributed by atoms with Crippen LogP contribution >= 0.6 is 11.6 Å². The van der Waals surface area contributed by atoms with E-state index in [1.807, 2.05) is 49.5 Å². The van der Waals surface area contributed by atoms with Gasteiger partial charge in [-0.15, -0.1) is 0 Å². The molecule has 1 heterocycles. The number of ether oxygens (including phenoxy) is 1. The van der Waals surface area contributed by atoms with Gasteiger partial charge in [-0.2, -0.15) is 5.10 Å². The summed E-state index contributed by atoms with van der Waals surface area (Å²) in [5.41, 5.74) is 8.73. The van der Waals surface area contributed by atoms with Crippen LogP contribution in [0.5, 0.6) is 5.75 Å². The highest BCUT2D eigenvalue weighted by Crippen LogP contribution is 2.22. The van der Waals surface area contributed by atoms with E-state index in [9.17, 15) is 0 Å². The third kappa shape index (κ3) is 4.72. The van der Waals surface area contributed by atoms with Gasteiger partial charge in [0.1, 0.15) is 5.75 Å². The Morgan fingerprint density at radius 1 is 1.07 bits per heavy atom. The molecule has 27 heavy (non-hydrogen) atoms. The molecule has 0 aliphatic rings. The van der Waals surface area contributed by atoms with Crippen molar-refractivity contribution in [3.05, 3.63) is 82.1 Å². The van der Waals surface area contributed by atoms with Crippen LogP contribution in [0.3, 0.4) is 0 Å². The van der Waals surface area contributed by atoms with Crippen molar-refractivity contribution in [2.45, 2.75) is 27.3 Å². The van der Waals surface area contributed by atoms with Crippen molar-refractivity contribution >= 4 is 17.8 Å². The summed E-state index contributed by atoms with van der Waals surface area (Å²) in [4.78, 5) is 0. The zero-order chi connectivity index (χ0) is 19.2. The van der Waals surface area contributed by atoms with E-state index < -0.39 is 0 Å². The fourth-order valence-electron chi connectivity index (χ4n) is 3.03. The Kier molecular flexibility index (Phi) is 6.20. The largest absolute Gasteiger partial charge is 0.494 e. The molecule has 1 N–H and O–H groups in total. The highest BCUT2D eigenvalue weighted by atomic mass is 35.5. The Labute approximate surface area is 165 Å². The Morgan fingerprint density at radius 2 is 1.78 bits per heavy atom. The number of benzene rings is 2. The zero-order valence-corrected chi connectivity index (χ0v) is 16.6. The molecule has 0 amide bonds. The van der Waals surface area contributed by atoms with E-state index in [1.165, 1.54) is 0 Å². The van der Waals surface area contributed by atoms with Crippen LogP contribution in [0.15, 0.2) is 59.7 Å². The molecule has 0 atom stereocenters. The van der Waals surface area contributed by atoms with Crippen LogP contribution in [0.25, 0.3) is 5.69 Å². The lowest BCUT2D eigenvalue weighted by Gasteiger charge is -2.11. The highest BCUT2D eigenvalue weighted by molar-refractivity contribution is 6.30. The number of hydrazone groups is 1. The first kappa shape index (κ1) is 19.1. The van der Waals surface area contributed by atoms with Crippen LogP contribution in [-0.2, 0) is 6.54 Å². The first-order valence-electron chi connectivity index (χ1n) is 9.01. The van der Waals surface area contributed by atoms with E-state index >= 15 is 0 Å². The molecule has 0 spiro atoms. The van der Waals surface area contributed by atoms with Gasteiger partial charge < -0.3 is 14.7 Å². The smallest absolute Gasteiger partial charge is 0.119 e. The molecule has 1 aromatic heterocycles. The second-order valence-corrected chi connectivity index (χ2v) is 6.74. The lowest BCUT2D eigenvalue weighted by molar-refractivity contribution is 0.340. The summed E-state index contributed by atoms with van der Waals surface area (Å²) in [6.07, 6.45) is 1.86. The zero-order valence-electron chi connectivity index (χ0n) is 15.9. The summed E-state index contributed by atoms with van der Waals surface area (Å²) in [6, 6.07) is 18.0. The van der Waals surface area contributed by atoms with Crippen molar-refractivity contribution in [3.63, 3.8) is 0 Å². The number of halogens is 1. The number of hydrogen-bond acceptors (Lipinski definition) is 3. The highest BCUT2D eigenvalue weighted by Gasteiger charge is 2.09. The van der Waals surface area contributed by atoms with Crippen molar-refractivity contribution in [2.24, 2.45) is 5.10 Å². The number of nitrogens with one attached hydrogen (secondary N) is 1. The Balaban J connectivity index is 1.70. The summed E-state index contributed by atoms with van der Waals surface area (Å²) in [6.45, 7) is 7.52. The SMILES string of the molecule is CCOc1ccc(-n2c(C)cc(/C=N\NCc3ccc(Cl)cc3)c2C)cc1. The molecule has 0 saturated heterocycles. The van der Waals surface area contributed by atoms with Gasteiger partial charge in [-0.1, -0.05) is 23.7 Å². The second kappa shape index (κ2) is 8.78. The predicted octanol–water partition coefficient (Wildman–Crippen LogP) is 5.27. The standard InChI is InChI=1S/C22H24ClN3O/c1-4-27-22-11-9-21(10-12-22)26-16(2)13-19(17(26)3)15-25-24-14-18-5-7-20(23)8-6-18/h5-13,15,24H,4,14H2,1-3H3/b25-15-. The summed E-state index contributed by atoms with van der Waals surface area (Å²) in [5.74, 6) is 0.886.